The summed E-state index contributed by atoms with van der Waals surface area (Å²) in [4.78, 5) is 12.7. The molecule has 0 unspecified atom stereocenters. The summed E-state index contributed by atoms with van der Waals surface area (Å²) in [6.07, 6.45) is 0. The van der Waals surface area contributed by atoms with Gasteiger partial charge in [-0.1, -0.05) is 47.8 Å². The number of hydrogen-bond donors (Lipinski definition) is 0. The van der Waals surface area contributed by atoms with E-state index in [1.165, 1.54) is 0 Å². The number of carbonyl (C=O) groups excluding carboxylic acids is 1. The van der Waals surface area contributed by atoms with E-state index in [0.29, 0.717) is 16.9 Å². The van der Waals surface area contributed by atoms with E-state index < -0.39 is 0 Å². The van der Waals surface area contributed by atoms with Crippen molar-refractivity contribution in [3.05, 3.63) is 60.4 Å². The maximum absolute atomic E-state index is 12.7. The lowest BCUT2D eigenvalue weighted by atomic mass is 10.0. The van der Waals surface area contributed by atoms with Gasteiger partial charge in [-0.05, 0) is 42.8 Å². The zero-order valence-corrected chi connectivity index (χ0v) is 15.6. The Bertz CT molecular complexity index is 661. The number of ketones is 1. The summed E-state index contributed by atoms with van der Waals surface area (Å²) in [6.45, 7) is 1.95. The number of ether oxygens (including phenoxy) is 1. The normalized spacial score (nSPS) is 10.4. The van der Waals surface area contributed by atoms with E-state index in [1.54, 1.807) is 25.3 Å². The van der Waals surface area contributed by atoms with Gasteiger partial charge in [0.05, 0.1) is 12.7 Å². The standard InChI is InChI=1S/C15H11Br3O2/c1-8-3-14(20-2)12(7-13(8)18)15(19)9-4-10(16)6-11(17)5-9/h3-7H,1-2H3. The molecule has 0 radical (unpaired) electrons. The van der Waals surface area contributed by atoms with Crippen LogP contribution in [-0.2, 0) is 0 Å². The predicted octanol–water partition coefficient (Wildman–Crippen LogP) is 5.52. The Morgan fingerprint density at radius 3 is 2.15 bits per heavy atom. The second-order valence-corrected chi connectivity index (χ2v) is 6.97. The molecule has 0 aliphatic rings. The molecule has 104 valence electrons. The molecule has 0 aromatic heterocycles. The van der Waals surface area contributed by atoms with Gasteiger partial charge >= 0.3 is 0 Å². The molecule has 0 aliphatic heterocycles. The van der Waals surface area contributed by atoms with Crippen LogP contribution < -0.4 is 4.74 Å². The molecule has 2 nitrogen and oxygen atoms in total. The number of rotatable bonds is 3. The fourth-order valence-corrected chi connectivity index (χ4v) is 3.48. The molecule has 0 saturated heterocycles. The van der Waals surface area contributed by atoms with Crippen LogP contribution in [0.4, 0.5) is 0 Å². The van der Waals surface area contributed by atoms with Crippen LogP contribution >= 0.6 is 47.8 Å². The average molecular weight is 463 g/mol. The first kappa shape index (κ1) is 15.7. The minimum atomic E-state index is -0.0791. The van der Waals surface area contributed by atoms with Crippen molar-refractivity contribution < 1.29 is 9.53 Å². The van der Waals surface area contributed by atoms with Gasteiger partial charge in [0, 0.05) is 19.0 Å². The Kier molecular flexibility index (Phi) is 5.04. The molecule has 0 spiro atoms. The Labute approximate surface area is 142 Å². The Hall–Kier alpha value is -0.650. The third-order valence-electron chi connectivity index (χ3n) is 2.85. The van der Waals surface area contributed by atoms with Gasteiger partial charge in [0.15, 0.2) is 5.78 Å². The molecular weight excluding hydrogens is 452 g/mol. The van der Waals surface area contributed by atoms with E-state index in [1.807, 2.05) is 19.1 Å². The highest BCUT2D eigenvalue weighted by atomic mass is 79.9. The topological polar surface area (TPSA) is 26.3 Å². The number of methoxy groups -OCH3 is 1. The van der Waals surface area contributed by atoms with E-state index in [2.05, 4.69) is 47.8 Å². The van der Waals surface area contributed by atoms with Crippen molar-refractivity contribution in [1.82, 2.24) is 0 Å². The molecule has 0 bridgehead atoms. The number of halogens is 3. The number of hydrogen-bond acceptors (Lipinski definition) is 2. The highest BCUT2D eigenvalue weighted by Crippen LogP contribution is 2.30. The highest BCUT2D eigenvalue weighted by Gasteiger charge is 2.17. The fourth-order valence-electron chi connectivity index (χ4n) is 1.84. The Balaban J connectivity index is 2.55. The number of benzene rings is 2. The third kappa shape index (κ3) is 3.32. The number of aryl methyl sites for hydroxylation is 1. The van der Waals surface area contributed by atoms with Crippen molar-refractivity contribution >= 4 is 53.6 Å². The van der Waals surface area contributed by atoms with Crippen molar-refractivity contribution in [2.45, 2.75) is 6.92 Å². The molecule has 0 saturated carbocycles. The molecule has 0 atom stereocenters. The van der Waals surface area contributed by atoms with E-state index in [0.717, 1.165) is 19.0 Å². The quantitative estimate of drug-likeness (QED) is 0.561. The zero-order valence-electron chi connectivity index (χ0n) is 10.8. The number of carbonyl (C=O) groups is 1. The van der Waals surface area contributed by atoms with Crippen LogP contribution in [0.1, 0.15) is 21.5 Å². The van der Waals surface area contributed by atoms with Gasteiger partial charge in [0.2, 0.25) is 0 Å². The first-order valence-electron chi connectivity index (χ1n) is 5.77. The molecule has 5 heteroatoms. The van der Waals surface area contributed by atoms with Crippen LogP contribution in [0.25, 0.3) is 0 Å². The van der Waals surface area contributed by atoms with Crippen LogP contribution in [0, 0.1) is 6.92 Å². The lowest BCUT2D eigenvalue weighted by Gasteiger charge is -2.11. The molecule has 20 heavy (non-hydrogen) atoms. The molecule has 0 N–H and O–H groups in total. The lowest BCUT2D eigenvalue weighted by molar-refractivity contribution is 0.103. The summed E-state index contributed by atoms with van der Waals surface area (Å²) >= 11 is 10.2. The maximum atomic E-state index is 12.7. The molecule has 2 aromatic rings. The van der Waals surface area contributed by atoms with Crippen LogP contribution in [0.2, 0.25) is 0 Å². The largest absolute Gasteiger partial charge is 0.496 e. The van der Waals surface area contributed by atoms with Crippen LogP contribution in [0.15, 0.2) is 43.7 Å². The van der Waals surface area contributed by atoms with Crippen molar-refractivity contribution in [2.75, 3.05) is 7.11 Å². The van der Waals surface area contributed by atoms with Crippen LogP contribution in [0.5, 0.6) is 5.75 Å². The minimum absolute atomic E-state index is 0.0791. The molecular formula is C15H11Br3O2. The van der Waals surface area contributed by atoms with Crippen LogP contribution in [0.3, 0.4) is 0 Å². The van der Waals surface area contributed by atoms with Crippen molar-refractivity contribution in [3.8, 4) is 5.75 Å². The van der Waals surface area contributed by atoms with Gasteiger partial charge in [-0.15, -0.1) is 0 Å². The first-order chi connectivity index (χ1) is 9.42. The fraction of sp³-hybridized carbons (Fsp3) is 0.133. The molecule has 0 fully saturated rings. The maximum Gasteiger partial charge on any atom is 0.196 e. The summed E-state index contributed by atoms with van der Waals surface area (Å²) in [7, 11) is 1.57. The van der Waals surface area contributed by atoms with Gasteiger partial charge in [-0.3, -0.25) is 4.79 Å². The van der Waals surface area contributed by atoms with Gasteiger partial charge < -0.3 is 4.74 Å². The van der Waals surface area contributed by atoms with E-state index >= 15 is 0 Å². The van der Waals surface area contributed by atoms with Gasteiger partial charge in [0.1, 0.15) is 5.75 Å². The molecule has 2 rings (SSSR count). The second-order valence-electron chi connectivity index (χ2n) is 4.29. The van der Waals surface area contributed by atoms with Crippen molar-refractivity contribution in [3.63, 3.8) is 0 Å². The molecule has 2 aromatic carbocycles. The average Bonchev–Trinajstić information content (AvgIpc) is 2.39. The summed E-state index contributed by atoms with van der Waals surface area (Å²) < 4.78 is 7.90. The zero-order chi connectivity index (χ0) is 14.9. The van der Waals surface area contributed by atoms with E-state index in [9.17, 15) is 4.79 Å². The predicted molar refractivity (Wildman–Crippen MR) is 90.7 cm³/mol. The van der Waals surface area contributed by atoms with Gasteiger partial charge in [-0.2, -0.15) is 0 Å². The van der Waals surface area contributed by atoms with E-state index in [-0.39, 0.29) is 5.78 Å². The third-order valence-corrected chi connectivity index (χ3v) is 4.62. The molecule has 0 amide bonds. The first-order valence-corrected chi connectivity index (χ1v) is 8.15. The molecule has 0 heterocycles. The van der Waals surface area contributed by atoms with Crippen LogP contribution in [-0.4, -0.2) is 12.9 Å². The monoisotopic (exact) mass is 460 g/mol. The second kappa shape index (κ2) is 6.41. The lowest BCUT2D eigenvalue weighted by Crippen LogP contribution is -2.05. The SMILES string of the molecule is COc1cc(C)c(Br)cc1C(=O)c1cc(Br)cc(Br)c1. The Morgan fingerprint density at radius 1 is 1.00 bits per heavy atom. The summed E-state index contributed by atoms with van der Waals surface area (Å²) in [5.41, 5.74) is 2.16. The summed E-state index contributed by atoms with van der Waals surface area (Å²) in [5.74, 6) is 0.497. The van der Waals surface area contributed by atoms with Gasteiger partial charge in [0.25, 0.3) is 0 Å². The van der Waals surface area contributed by atoms with E-state index in [4.69, 9.17) is 4.74 Å². The van der Waals surface area contributed by atoms with Crippen molar-refractivity contribution in [2.24, 2.45) is 0 Å². The van der Waals surface area contributed by atoms with Crippen molar-refractivity contribution in [1.29, 1.82) is 0 Å². The van der Waals surface area contributed by atoms with Gasteiger partial charge in [-0.25, -0.2) is 0 Å². The minimum Gasteiger partial charge on any atom is -0.496 e. The summed E-state index contributed by atoms with van der Waals surface area (Å²) in [5, 5.41) is 0. The molecule has 0 aliphatic carbocycles. The Morgan fingerprint density at radius 2 is 1.60 bits per heavy atom. The summed E-state index contributed by atoms with van der Waals surface area (Å²) in [6, 6.07) is 9.12. The highest BCUT2D eigenvalue weighted by molar-refractivity contribution is 9.11. The smallest absolute Gasteiger partial charge is 0.196 e.